The van der Waals surface area contributed by atoms with Crippen LogP contribution in [0.4, 0.5) is 5.95 Å². The van der Waals surface area contributed by atoms with Gasteiger partial charge in [-0.2, -0.15) is 0 Å². The molecule has 1 atom stereocenters. The van der Waals surface area contributed by atoms with Gasteiger partial charge < -0.3 is 4.74 Å². The minimum absolute atomic E-state index is 0.211. The van der Waals surface area contributed by atoms with Crippen LogP contribution < -0.4 is 5.32 Å². The van der Waals surface area contributed by atoms with Gasteiger partial charge in [-0.1, -0.05) is 11.6 Å². The van der Waals surface area contributed by atoms with Gasteiger partial charge in [0.15, 0.2) is 0 Å². The zero-order valence-electron chi connectivity index (χ0n) is 7.94. The lowest BCUT2D eigenvalue weighted by Crippen LogP contribution is -2.27. The second-order valence-corrected chi connectivity index (χ2v) is 3.58. The fourth-order valence-electron chi connectivity index (χ4n) is 1.37. The van der Waals surface area contributed by atoms with Crippen molar-refractivity contribution in [1.29, 1.82) is 0 Å². The van der Waals surface area contributed by atoms with Gasteiger partial charge in [-0.3, -0.25) is 10.1 Å². The van der Waals surface area contributed by atoms with E-state index in [9.17, 15) is 4.79 Å². The number of carbonyl (C=O) groups is 1. The normalized spacial score (nSPS) is 20.2. The minimum Gasteiger partial charge on any atom is -0.368 e. The van der Waals surface area contributed by atoms with E-state index in [1.807, 2.05) is 0 Å². The molecule has 1 N–H and O–H groups in total. The Kier molecular flexibility index (Phi) is 3.13. The van der Waals surface area contributed by atoms with Gasteiger partial charge in [0.25, 0.3) is 5.91 Å². The maximum atomic E-state index is 11.6. The molecule has 1 saturated heterocycles. The van der Waals surface area contributed by atoms with Crippen LogP contribution >= 0.6 is 11.6 Å². The summed E-state index contributed by atoms with van der Waals surface area (Å²) in [6, 6.07) is 1.54. The Morgan fingerprint density at radius 2 is 2.53 bits per heavy atom. The predicted octanol–water partition coefficient (Wildman–Crippen LogP) is 1.25. The summed E-state index contributed by atoms with van der Waals surface area (Å²) in [7, 11) is 0. The van der Waals surface area contributed by atoms with Crippen LogP contribution in [0.2, 0.25) is 5.15 Å². The molecule has 1 aromatic rings. The monoisotopic (exact) mass is 227 g/mol. The standard InChI is InChI=1S/C9H10ClN3O2/c10-7-3-4-11-9(12-7)13-8(14)6-2-1-5-15-6/h3-4,6H,1-2,5H2,(H,11,12,13,14). The molecule has 80 valence electrons. The highest BCUT2D eigenvalue weighted by atomic mass is 35.5. The summed E-state index contributed by atoms with van der Waals surface area (Å²) >= 11 is 5.65. The van der Waals surface area contributed by atoms with Gasteiger partial charge in [0.2, 0.25) is 5.95 Å². The number of aromatic nitrogens is 2. The van der Waals surface area contributed by atoms with E-state index in [2.05, 4.69) is 15.3 Å². The maximum Gasteiger partial charge on any atom is 0.255 e. The number of hydrogen-bond acceptors (Lipinski definition) is 4. The summed E-state index contributed by atoms with van der Waals surface area (Å²) in [5.41, 5.74) is 0. The van der Waals surface area contributed by atoms with Gasteiger partial charge in [0.1, 0.15) is 11.3 Å². The number of anilines is 1. The first-order valence-electron chi connectivity index (χ1n) is 4.67. The van der Waals surface area contributed by atoms with Gasteiger partial charge in [-0.15, -0.1) is 0 Å². The van der Waals surface area contributed by atoms with Crippen LogP contribution in [0.5, 0.6) is 0 Å². The van der Waals surface area contributed by atoms with E-state index in [4.69, 9.17) is 16.3 Å². The van der Waals surface area contributed by atoms with Crippen molar-refractivity contribution in [3.63, 3.8) is 0 Å². The van der Waals surface area contributed by atoms with Crippen LogP contribution in [0.15, 0.2) is 12.3 Å². The first-order valence-corrected chi connectivity index (χ1v) is 5.04. The highest BCUT2D eigenvalue weighted by molar-refractivity contribution is 6.29. The van der Waals surface area contributed by atoms with Crippen molar-refractivity contribution in [2.75, 3.05) is 11.9 Å². The summed E-state index contributed by atoms with van der Waals surface area (Å²) in [4.78, 5) is 19.3. The topological polar surface area (TPSA) is 64.1 Å². The molecule has 5 nitrogen and oxygen atoms in total. The van der Waals surface area contributed by atoms with Crippen LogP contribution in [0.25, 0.3) is 0 Å². The smallest absolute Gasteiger partial charge is 0.255 e. The number of nitrogens with one attached hydrogen (secondary N) is 1. The van der Waals surface area contributed by atoms with Gasteiger partial charge in [0.05, 0.1) is 0 Å². The molecule has 0 aromatic carbocycles. The molecule has 15 heavy (non-hydrogen) atoms. The summed E-state index contributed by atoms with van der Waals surface area (Å²) in [5.74, 6) is -0.00207. The molecule has 1 fully saturated rings. The molecule has 2 heterocycles. The molecule has 1 aliphatic heterocycles. The van der Waals surface area contributed by atoms with Gasteiger partial charge in [0, 0.05) is 12.8 Å². The predicted molar refractivity (Wildman–Crippen MR) is 54.6 cm³/mol. The molecule has 0 saturated carbocycles. The van der Waals surface area contributed by atoms with Gasteiger partial charge >= 0.3 is 0 Å². The van der Waals surface area contributed by atoms with E-state index < -0.39 is 0 Å². The Bertz CT molecular complexity index is 366. The van der Waals surface area contributed by atoms with Crippen molar-refractivity contribution in [2.45, 2.75) is 18.9 Å². The quantitative estimate of drug-likeness (QED) is 0.773. The number of hydrogen-bond donors (Lipinski definition) is 1. The van der Waals surface area contributed by atoms with E-state index in [-0.39, 0.29) is 18.0 Å². The molecular weight excluding hydrogens is 218 g/mol. The first kappa shape index (κ1) is 10.3. The summed E-state index contributed by atoms with van der Waals surface area (Å²) < 4.78 is 5.22. The molecule has 1 aliphatic rings. The molecule has 2 rings (SSSR count). The van der Waals surface area contributed by atoms with Crippen LogP contribution in [0, 0.1) is 0 Å². The molecule has 1 aromatic heterocycles. The number of amides is 1. The first-order chi connectivity index (χ1) is 7.25. The summed E-state index contributed by atoms with van der Waals surface area (Å²) in [6.45, 7) is 0.633. The lowest BCUT2D eigenvalue weighted by molar-refractivity contribution is -0.124. The Morgan fingerprint density at radius 3 is 3.20 bits per heavy atom. The lowest BCUT2D eigenvalue weighted by atomic mass is 10.2. The second kappa shape index (κ2) is 4.55. The van der Waals surface area contributed by atoms with E-state index in [0.717, 1.165) is 12.8 Å². The molecule has 1 amide bonds. The van der Waals surface area contributed by atoms with E-state index in [0.29, 0.717) is 11.8 Å². The van der Waals surface area contributed by atoms with E-state index in [1.54, 1.807) is 6.07 Å². The minimum atomic E-state index is -0.382. The largest absolute Gasteiger partial charge is 0.368 e. The van der Waals surface area contributed by atoms with Crippen molar-refractivity contribution >= 4 is 23.5 Å². The SMILES string of the molecule is O=C(Nc1nccc(Cl)n1)C1CCCO1. The van der Waals surface area contributed by atoms with Crippen molar-refractivity contribution < 1.29 is 9.53 Å². The third-order valence-electron chi connectivity index (χ3n) is 2.08. The van der Waals surface area contributed by atoms with Gasteiger partial charge in [-0.05, 0) is 18.9 Å². The molecule has 1 unspecified atom stereocenters. The molecule has 0 radical (unpaired) electrons. The maximum absolute atomic E-state index is 11.6. The van der Waals surface area contributed by atoms with Crippen LogP contribution in [-0.4, -0.2) is 28.6 Å². The Hall–Kier alpha value is -1.20. The fraction of sp³-hybridized carbons (Fsp3) is 0.444. The summed E-state index contributed by atoms with van der Waals surface area (Å²) in [5, 5.41) is 2.85. The van der Waals surface area contributed by atoms with Crippen molar-refractivity contribution in [2.24, 2.45) is 0 Å². The van der Waals surface area contributed by atoms with Crippen LogP contribution in [-0.2, 0) is 9.53 Å². The highest BCUT2D eigenvalue weighted by Crippen LogP contribution is 2.14. The number of halogens is 1. The van der Waals surface area contributed by atoms with Crippen molar-refractivity contribution in [1.82, 2.24) is 9.97 Å². The number of rotatable bonds is 2. The van der Waals surface area contributed by atoms with Crippen LogP contribution in [0.3, 0.4) is 0 Å². The highest BCUT2D eigenvalue weighted by Gasteiger charge is 2.24. The molecule has 6 heteroatoms. The van der Waals surface area contributed by atoms with Crippen molar-refractivity contribution in [3.05, 3.63) is 17.4 Å². The van der Waals surface area contributed by atoms with Gasteiger partial charge in [-0.25, -0.2) is 9.97 Å². The Balaban J connectivity index is 1.99. The number of ether oxygens (including phenoxy) is 1. The number of carbonyl (C=O) groups excluding carboxylic acids is 1. The van der Waals surface area contributed by atoms with Crippen LogP contribution in [0.1, 0.15) is 12.8 Å². The zero-order valence-corrected chi connectivity index (χ0v) is 8.70. The van der Waals surface area contributed by atoms with Crippen molar-refractivity contribution in [3.8, 4) is 0 Å². The molecule has 0 spiro atoms. The summed E-state index contributed by atoms with van der Waals surface area (Å²) in [6.07, 6.45) is 2.76. The average molecular weight is 228 g/mol. The molecular formula is C9H10ClN3O2. The molecule has 0 bridgehead atoms. The Morgan fingerprint density at radius 1 is 1.67 bits per heavy atom. The fourth-order valence-corrected chi connectivity index (χ4v) is 1.51. The van der Waals surface area contributed by atoms with E-state index >= 15 is 0 Å². The second-order valence-electron chi connectivity index (χ2n) is 3.19. The molecule has 0 aliphatic carbocycles. The van der Waals surface area contributed by atoms with E-state index in [1.165, 1.54) is 6.20 Å². The third-order valence-corrected chi connectivity index (χ3v) is 2.29. The number of nitrogens with zero attached hydrogens (tertiary/aromatic N) is 2. The average Bonchev–Trinajstić information content (AvgIpc) is 2.70. The Labute approximate surface area is 91.8 Å². The zero-order chi connectivity index (χ0) is 10.7. The lowest BCUT2D eigenvalue weighted by Gasteiger charge is -2.08. The third kappa shape index (κ3) is 2.64.